The zero-order valence-electron chi connectivity index (χ0n) is 15.6. The monoisotopic (exact) mass is 354 g/mol. The zero-order chi connectivity index (χ0) is 18.9. The molecule has 0 saturated carbocycles. The van der Waals surface area contributed by atoms with Gasteiger partial charge in [0.15, 0.2) is 0 Å². The van der Waals surface area contributed by atoms with Crippen molar-refractivity contribution >= 4 is 17.5 Å². The molecule has 0 aliphatic rings. The molecule has 0 aliphatic carbocycles. The van der Waals surface area contributed by atoms with Crippen molar-refractivity contribution in [3.8, 4) is 5.75 Å². The second kappa shape index (κ2) is 9.61. The largest absolute Gasteiger partial charge is 0.497 e. The summed E-state index contributed by atoms with van der Waals surface area (Å²) in [6, 6.07) is 15.5. The van der Waals surface area contributed by atoms with E-state index in [1.165, 1.54) is 6.92 Å². The Morgan fingerprint density at radius 3 is 2.46 bits per heavy atom. The van der Waals surface area contributed by atoms with Crippen molar-refractivity contribution in [3.63, 3.8) is 0 Å². The summed E-state index contributed by atoms with van der Waals surface area (Å²) >= 11 is 0. The van der Waals surface area contributed by atoms with E-state index in [0.29, 0.717) is 13.1 Å². The summed E-state index contributed by atoms with van der Waals surface area (Å²) < 4.78 is 5.13. The topological polar surface area (TPSA) is 58.6 Å². The van der Waals surface area contributed by atoms with Crippen LogP contribution in [-0.4, -0.2) is 32.0 Å². The Morgan fingerprint density at radius 1 is 1.12 bits per heavy atom. The van der Waals surface area contributed by atoms with Crippen LogP contribution in [0.25, 0.3) is 0 Å². The van der Waals surface area contributed by atoms with E-state index in [2.05, 4.69) is 5.32 Å². The summed E-state index contributed by atoms with van der Waals surface area (Å²) in [6.45, 7) is 4.43. The lowest BCUT2D eigenvalue weighted by Crippen LogP contribution is -2.34. The number of methoxy groups -OCH3 is 1. The standard InChI is InChI=1S/C21H26N2O3/c1-16-5-4-6-19(15-16)23(17(2)24)14-12-21(25)22-13-11-18-7-9-20(26-3)10-8-18/h4-10,15H,11-14H2,1-3H3,(H,22,25). The van der Waals surface area contributed by atoms with Crippen molar-refractivity contribution in [2.75, 3.05) is 25.1 Å². The van der Waals surface area contributed by atoms with Crippen molar-refractivity contribution in [1.29, 1.82) is 0 Å². The fourth-order valence-corrected chi connectivity index (χ4v) is 2.70. The van der Waals surface area contributed by atoms with Crippen LogP contribution >= 0.6 is 0 Å². The average molecular weight is 354 g/mol. The van der Waals surface area contributed by atoms with Gasteiger partial charge in [0.05, 0.1) is 7.11 Å². The quantitative estimate of drug-likeness (QED) is 0.792. The highest BCUT2D eigenvalue weighted by Crippen LogP contribution is 2.16. The number of hydrogen-bond donors (Lipinski definition) is 1. The minimum Gasteiger partial charge on any atom is -0.497 e. The van der Waals surface area contributed by atoms with E-state index in [4.69, 9.17) is 4.74 Å². The van der Waals surface area contributed by atoms with Crippen LogP contribution in [0.3, 0.4) is 0 Å². The molecular weight excluding hydrogens is 328 g/mol. The molecule has 0 aliphatic heterocycles. The number of amides is 2. The summed E-state index contributed by atoms with van der Waals surface area (Å²) in [5.41, 5.74) is 3.04. The number of anilines is 1. The van der Waals surface area contributed by atoms with Crippen LogP contribution in [0.15, 0.2) is 48.5 Å². The Bertz CT molecular complexity index is 741. The van der Waals surface area contributed by atoms with E-state index in [-0.39, 0.29) is 18.2 Å². The Morgan fingerprint density at radius 2 is 1.85 bits per heavy atom. The molecule has 2 aromatic rings. The number of aryl methyl sites for hydroxylation is 1. The van der Waals surface area contributed by atoms with Gasteiger partial charge in [-0.1, -0.05) is 24.3 Å². The maximum Gasteiger partial charge on any atom is 0.223 e. The lowest BCUT2D eigenvalue weighted by Gasteiger charge is -2.21. The molecule has 138 valence electrons. The number of nitrogens with zero attached hydrogens (tertiary/aromatic N) is 1. The van der Waals surface area contributed by atoms with E-state index in [0.717, 1.165) is 29.0 Å². The molecule has 0 aromatic heterocycles. The minimum absolute atomic E-state index is 0.0579. The number of hydrogen-bond acceptors (Lipinski definition) is 3. The summed E-state index contributed by atoms with van der Waals surface area (Å²) in [5, 5.41) is 2.91. The number of rotatable bonds is 8. The molecule has 0 heterocycles. The molecular formula is C21H26N2O3. The average Bonchev–Trinajstić information content (AvgIpc) is 2.62. The first-order chi connectivity index (χ1) is 12.5. The van der Waals surface area contributed by atoms with Crippen molar-refractivity contribution in [2.45, 2.75) is 26.7 Å². The smallest absolute Gasteiger partial charge is 0.223 e. The summed E-state index contributed by atoms with van der Waals surface area (Å²) in [7, 11) is 1.64. The van der Waals surface area contributed by atoms with E-state index in [1.807, 2.05) is 55.5 Å². The van der Waals surface area contributed by atoms with Crippen LogP contribution in [0.4, 0.5) is 5.69 Å². The molecule has 0 bridgehead atoms. The molecule has 0 radical (unpaired) electrons. The third-order valence-corrected chi connectivity index (χ3v) is 4.15. The molecule has 2 rings (SSSR count). The van der Waals surface area contributed by atoms with E-state index in [9.17, 15) is 9.59 Å². The Balaban J connectivity index is 1.79. The highest BCUT2D eigenvalue weighted by molar-refractivity contribution is 5.92. The van der Waals surface area contributed by atoms with Crippen LogP contribution in [-0.2, 0) is 16.0 Å². The van der Waals surface area contributed by atoms with Crippen LogP contribution < -0.4 is 15.0 Å². The Labute approximate surface area is 155 Å². The van der Waals surface area contributed by atoms with Crippen LogP contribution in [0, 0.1) is 6.92 Å². The Kier molecular flexibility index (Phi) is 7.21. The molecule has 0 fully saturated rings. The van der Waals surface area contributed by atoms with Crippen molar-refractivity contribution in [2.24, 2.45) is 0 Å². The molecule has 0 spiro atoms. The highest BCUT2D eigenvalue weighted by Gasteiger charge is 2.13. The van der Waals surface area contributed by atoms with E-state index < -0.39 is 0 Å². The zero-order valence-corrected chi connectivity index (χ0v) is 15.6. The molecule has 2 aromatic carbocycles. The molecule has 1 N–H and O–H groups in total. The normalized spacial score (nSPS) is 10.3. The third-order valence-electron chi connectivity index (χ3n) is 4.15. The molecule has 5 nitrogen and oxygen atoms in total. The lowest BCUT2D eigenvalue weighted by molar-refractivity contribution is -0.121. The molecule has 0 atom stereocenters. The predicted octanol–water partition coefficient (Wildman–Crippen LogP) is 3.11. The fraction of sp³-hybridized carbons (Fsp3) is 0.333. The van der Waals surface area contributed by atoms with Gasteiger partial charge in [-0.05, 0) is 48.7 Å². The molecule has 26 heavy (non-hydrogen) atoms. The van der Waals surface area contributed by atoms with Crippen molar-refractivity contribution in [3.05, 3.63) is 59.7 Å². The van der Waals surface area contributed by atoms with Crippen LogP contribution in [0.5, 0.6) is 5.75 Å². The van der Waals surface area contributed by atoms with Gasteiger partial charge >= 0.3 is 0 Å². The first-order valence-corrected chi connectivity index (χ1v) is 8.74. The van der Waals surface area contributed by atoms with E-state index in [1.54, 1.807) is 12.0 Å². The van der Waals surface area contributed by atoms with Gasteiger partial charge in [0.1, 0.15) is 5.75 Å². The van der Waals surface area contributed by atoms with Gasteiger partial charge in [0.25, 0.3) is 0 Å². The number of carbonyl (C=O) groups excluding carboxylic acids is 2. The van der Waals surface area contributed by atoms with Gasteiger partial charge in [-0.2, -0.15) is 0 Å². The van der Waals surface area contributed by atoms with Crippen molar-refractivity contribution < 1.29 is 14.3 Å². The summed E-state index contributed by atoms with van der Waals surface area (Å²) in [5.74, 6) is 0.692. The summed E-state index contributed by atoms with van der Waals surface area (Å²) in [6.07, 6.45) is 1.03. The lowest BCUT2D eigenvalue weighted by atomic mass is 10.1. The Hall–Kier alpha value is -2.82. The predicted molar refractivity (Wildman–Crippen MR) is 104 cm³/mol. The first-order valence-electron chi connectivity index (χ1n) is 8.74. The minimum atomic E-state index is -0.0679. The van der Waals surface area contributed by atoms with Gasteiger partial charge in [-0.15, -0.1) is 0 Å². The SMILES string of the molecule is COc1ccc(CCNC(=O)CCN(C(C)=O)c2cccc(C)c2)cc1. The number of benzene rings is 2. The first kappa shape index (κ1) is 19.5. The number of carbonyl (C=O) groups is 2. The molecule has 5 heteroatoms. The van der Waals surface area contributed by atoms with Gasteiger partial charge < -0.3 is 15.0 Å². The number of ether oxygens (including phenoxy) is 1. The van der Waals surface area contributed by atoms with Crippen LogP contribution in [0.1, 0.15) is 24.5 Å². The van der Waals surface area contributed by atoms with E-state index >= 15 is 0 Å². The second-order valence-corrected chi connectivity index (χ2v) is 6.21. The number of nitrogens with one attached hydrogen (secondary N) is 1. The van der Waals surface area contributed by atoms with Crippen LogP contribution in [0.2, 0.25) is 0 Å². The van der Waals surface area contributed by atoms with Gasteiger partial charge in [0, 0.05) is 32.1 Å². The van der Waals surface area contributed by atoms with Crippen molar-refractivity contribution in [1.82, 2.24) is 5.32 Å². The fourth-order valence-electron chi connectivity index (χ4n) is 2.70. The van der Waals surface area contributed by atoms with Gasteiger partial charge in [0.2, 0.25) is 11.8 Å². The van der Waals surface area contributed by atoms with Gasteiger partial charge in [-0.25, -0.2) is 0 Å². The molecule has 0 saturated heterocycles. The maximum atomic E-state index is 12.1. The maximum absolute atomic E-state index is 12.1. The third kappa shape index (κ3) is 5.92. The highest BCUT2D eigenvalue weighted by atomic mass is 16.5. The second-order valence-electron chi connectivity index (χ2n) is 6.21. The molecule has 0 unspecified atom stereocenters. The van der Waals surface area contributed by atoms with Gasteiger partial charge in [-0.3, -0.25) is 9.59 Å². The molecule has 2 amide bonds. The summed E-state index contributed by atoms with van der Waals surface area (Å²) in [4.78, 5) is 25.6.